The molecule has 0 amide bonds. The highest BCUT2D eigenvalue weighted by molar-refractivity contribution is 5.32. The Morgan fingerprint density at radius 1 is 0.880 bits per heavy atom. The third-order valence-electron chi connectivity index (χ3n) is 5.35. The molecule has 2 aliphatic rings. The van der Waals surface area contributed by atoms with Crippen molar-refractivity contribution in [1.82, 2.24) is 5.32 Å². The number of rotatable bonds is 5. The molecule has 0 bridgehead atoms. The number of hydrogen-bond donors (Lipinski definition) is 2. The van der Waals surface area contributed by atoms with Crippen LogP contribution >= 0.6 is 0 Å². The maximum absolute atomic E-state index is 10.4. The summed E-state index contributed by atoms with van der Waals surface area (Å²) in [5.41, 5.74) is 1.15. The smallest absolute Gasteiger partial charge is 0.125 e. The molecule has 4 rings (SSSR count). The van der Waals surface area contributed by atoms with E-state index in [2.05, 4.69) is 5.32 Å². The molecule has 4 nitrogen and oxygen atoms in total. The first-order valence-corrected chi connectivity index (χ1v) is 9.10. The molecule has 2 aromatic rings. The second kappa shape index (κ2) is 7.46. The zero-order chi connectivity index (χ0) is 17.1. The molecule has 0 unspecified atom stereocenters. The molecule has 0 radical (unpaired) electrons. The summed E-state index contributed by atoms with van der Waals surface area (Å²) >= 11 is 0. The van der Waals surface area contributed by atoms with Gasteiger partial charge in [0.05, 0.1) is 6.10 Å². The minimum atomic E-state index is -0.379. The average Bonchev–Trinajstić information content (AvgIpc) is 3.09. The van der Waals surface area contributed by atoms with Gasteiger partial charge in [-0.15, -0.1) is 0 Å². The summed E-state index contributed by atoms with van der Waals surface area (Å²) in [5, 5.41) is 13.8. The molecule has 4 heteroatoms. The van der Waals surface area contributed by atoms with E-state index in [1.165, 1.54) is 0 Å². The van der Waals surface area contributed by atoms with Gasteiger partial charge in [0.1, 0.15) is 24.2 Å². The van der Waals surface area contributed by atoms with Crippen LogP contribution in [0.5, 0.6) is 11.5 Å². The van der Waals surface area contributed by atoms with Crippen molar-refractivity contribution in [2.45, 2.75) is 31.7 Å². The molecule has 132 valence electrons. The normalized spacial score (nSPS) is 28.4. The molecule has 1 saturated carbocycles. The van der Waals surface area contributed by atoms with Crippen molar-refractivity contribution in [3.8, 4) is 11.5 Å². The minimum absolute atomic E-state index is 0.114. The number of nitrogens with one attached hydrogen (secondary N) is 1. The van der Waals surface area contributed by atoms with Crippen molar-refractivity contribution in [2.75, 3.05) is 13.1 Å². The summed E-state index contributed by atoms with van der Waals surface area (Å²) in [6.07, 6.45) is 1.26. The van der Waals surface area contributed by atoms with Gasteiger partial charge in [0.25, 0.3) is 0 Å². The fourth-order valence-electron chi connectivity index (χ4n) is 3.91. The van der Waals surface area contributed by atoms with Crippen LogP contribution in [0.15, 0.2) is 54.6 Å². The number of fused-ring (bicyclic) bond motifs is 1. The van der Waals surface area contributed by atoms with Crippen LogP contribution in [0.25, 0.3) is 0 Å². The van der Waals surface area contributed by atoms with Gasteiger partial charge in [0, 0.05) is 0 Å². The van der Waals surface area contributed by atoms with Crippen LogP contribution in [0.3, 0.4) is 0 Å². The van der Waals surface area contributed by atoms with E-state index in [0.717, 1.165) is 43.0 Å². The van der Waals surface area contributed by atoms with Crippen LogP contribution in [0.4, 0.5) is 0 Å². The predicted octanol–water partition coefficient (Wildman–Crippen LogP) is 3.00. The molecular formula is C21H25NO3. The van der Waals surface area contributed by atoms with Gasteiger partial charge in [0.15, 0.2) is 0 Å². The Bertz CT molecular complexity index is 673. The van der Waals surface area contributed by atoms with Crippen molar-refractivity contribution in [3.05, 3.63) is 60.2 Å². The lowest BCUT2D eigenvalue weighted by atomic mass is 9.78. The van der Waals surface area contributed by atoms with Crippen LogP contribution in [-0.2, 0) is 6.61 Å². The Kier molecular flexibility index (Phi) is 4.90. The highest BCUT2D eigenvalue weighted by Crippen LogP contribution is 2.35. The number of benzene rings is 2. The number of hydrogen-bond acceptors (Lipinski definition) is 4. The lowest BCUT2D eigenvalue weighted by Crippen LogP contribution is -2.42. The van der Waals surface area contributed by atoms with E-state index in [4.69, 9.17) is 9.47 Å². The molecule has 2 fully saturated rings. The Balaban J connectivity index is 1.32. The van der Waals surface area contributed by atoms with E-state index in [1.807, 2.05) is 54.6 Å². The third kappa shape index (κ3) is 3.97. The van der Waals surface area contributed by atoms with Gasteiger partial charge in [-0.2, -0.15) is 0 Å². The predicted molar refractivity (Wildman–Crippen MR) is 96.7 cm³/mol. The minimum Gasteiger partial charge on any atom is -0.489 e. The Morgan fingerprint density at radius 3 is 2.32 bits per heavy atom. The summed E-state index contributed by atoms with van der Waals surface area (Å²) in [4.78, 5) is 0. The molecule has 25 heavy (non-hydrogen) atoms. The summed E-state index contributed by atoms with van der Waals surface area (Å²) in [7, 11) is 0. The van der Waals surface area contributed by atoms with Gasteiger partial charge in [-0.3, -0.25) is 0 Å². The molecule has 0 aromatic heterocycles. The van der Waals surface area contributed by atoms with Crippen molar-refractivity contribution in [1.29, 1.82) is 0 Å². The van der Waals surface area contributed by atoms with Crippen LogP contribution < -0.4 is 14.8 Å². The molecule has 1 heterocycles. The van der Waals surface area contributed by atoms with E-state index in [1.54, 1.807) is 0 Å². The number of aliphatic hydroxyl groups excluding tert-OH is 1. The fraction of sp³-hybridized carbons (Fsp3) is 0.429. The van der Waals surface area contributed by atoms with Crippen LogP contribution in [-0.4, -0.2) is 30.4 Å². The van der Waals surface area contributed by atoms with E-state index >= 15 is 0 Å². The first-order chi connectivity index (χ1) is 12.3. The van der Waals surface area contributed by atoms with E-state index < -0.39 is 0 Å². The first kappa shape index (κ1) is 16.4. The van der Waals surface area contributed by atoms with Gasteiger partial charge >= 0.3 is 0 Å². The first-order valence-electron chi connectivity index (χ1n) is 9.10. The summed E-state index contributed by atoms with van der Waals surface area (Å²) in [6.45, 7) is 2.63. The van der Waals surface area contributed by atoms with E-state index in [-0.39, 0.29) is 12.2 Å². The molecule has 2 N–H and O–H groups in total. The van der Waals surface area contributed by atoms with Gasteiger partial charge in [-0.05, 0) is 67.6 Å². The lowest BCUT2D eigenvalue weighted by molar-refractivity contribution is -0.0231. The summed E-state index contributed by atoms with van der Waals surface area (Å²) in [5.74, 6) is 2.84. The van der Waals surface area contributed by atoms with Gasteiger partial charge in [-0.1, -0.05) is 30.3 Å². The zero-order valence-electron chi connectivity index (χ0n) is 14.3. The van der Waals surface area contributed by atoms with E-state index in [0.29, 0.717) is 18.4 Å². The Hall–Kier alpha value is -2.04. The molecule has 1 saturated heterocycles. The molecular weight excluding hydrogens is 314 g/mol. The maximum atomic E-state index is 10.4. The zero-order valence-corrected chi connectivity index (χ0v) is 14.3. The monoisotopic (exact) mass is 339 g/mol. The summed E-state index contributed by atoms with van der Waals surface area (Å²) < 4.78 is 11.9. The molecule has 1 aliphatic heterocycles. The molecule has 0 spiro atoms. The van der Waals surface area contributed by atoms with Gasteiger partial charge in [0.2, 0.25) is 0 Å². The van der Waals surface area contributed by atoms with Crippen molar-refractivity contribution < 1.29 is 14.6 Å². The Morgan fingerprint density at radius 2 is 1.56 bits per heavy atom. The van der Waals surface area contributed by atoms with Crippen LogP contribution in [0.2, 0.25) is 0 Å². The largest absolute Gasteiger partial charge is 0.489 e. The quantitative estimate of drug-likeness (QED) is 0.879. The van der Waals surface area contributed by atoms with Gasteiger partial charge in [-0.25, -0.2) is 0 Å². The topological polar surface area (TPSA) is 50.7 Å². The molecule has 1 aliphatic carbocycles. The Labute approximate surface area is 148 Å². The van der Waals surface area contributed by atoms with Crippen LogP contribution in [0, 0.1) is 11.8 Å². The number of ether oxygens (including phenoxy) is 2. The van der Waals surface area contributed by atoms with Crippen molar-refractivity contribution in [3.63, 3.8) is 0 Å². The number of aliphatic hydroxyl groups is 1. The van der Waals surface area contributed by atoms with Gasteiger partial charge < -0.3 is 19.9 Å². The average molecular weight is 339 g/mol. The highest BCUT2D eigenvalue weighted by Gasteiger charge is 2.39. The van der Waals surface area contributed by atoms with Crippen molar-refractivity contribution in [2.24, 2.45) is 11.8 Å². The molecule has 2 aromatic carbocycles. The summed E-state index contributed by atoms with van der Waals surface area (Å²) in [6, 6.07) is 17.8. The standard InChI is InChI=1S/C21H25NO3/c23-20-10-16-12-22-13-17(16)11-21(20)25-19-8-6-18(7-9-19)24-14-15-4-2-1-3-5-15/h1-9,16-17,20-23H,10-14H2/t16-,17+,20+,21+/m0/s1. The van der Waals surface area contributed by atoms with Crippen molar-refractivity contribution >= 4 is 0 Å². The fourth-order valence-corrected chi connectivity index (χ4v) is 3.91. The second-order valence-corrected chi connectivity index (χ2v) is 7.12. The second-order valence-electron chi connectivity index (χ2n) is 7.12. The van der Waals surface area contributed by atoms with Crippen LogP contribution in [0.1, 0.15) is 18.4 Å². The lowest BCUT2D eigenvalue weighted by Gasteiger charge is -2.35. The highest BCUT2D eigenvalue weighted by atomic mass is 16.5. The SMILES string of the molecule is O[C@@H]1C[C@H]2CNC[C@H]2C[C@H]1Oc1ccc(OCc2ccccc2)cc1. The van der Waals surface area contributed by atoms with E-state index in [9.17, 15) is 5.11 Å². The third-order valence-corrected chi connectivity index (χ3v) is 5.35. The maximum Gasteiger partial charge on any atom is 0.125 e. The molecule has 4 atom stereocenters.